The quantitative estimate of drug-likeness (QED) is 0.123. The second-order valence-electron chi connectivity index (χ2n) is 12.0. The number of rotatable bonds is 15. The molecule has 1 aromatic carbocycles. The van der Waals surface area contributed by atoms with Crippen LogP contribution in [0.5, 0.6) is 5.75 Å². The monoisotopic (exact) mass is 678 g/mol. The van der Waals surface area contributed by atoms with Gasteiger partial charge < -0.3 is 30.7 Å². The van der Waals surface area contributed by atoms with Gasteiger partial charge in [0.25, 0.3) is 5.56 Å². The number of carbonyl (C=O) groups excluding carboxylic acids is 3. The minimum absolute atomic E-state index is 0. The van der Waals surface area contributed by atoms with Crippen molar-refractivity contribution in [1.82, 2.24) is 15.3 Å². The summed E-state index contributed by atoms with van der Waals surface area (Å²) in [4.78, 5) is 49.2. The first-order chi connectivity index (χ1) is 20.7. The Bertz CT molecular complexity index is 1220. The van der Waals surface area contributed by atoms with Crippen LogP contribution in [0.25, 0.3) is 11.0 Å². The zero-order valence-corrected chi connectivity index (χ0v) is 27.8. The molecule has 1 aliphatic rings. The van der Waals surface area contributed by atoms with Crippen LogP contribution >= 0.6 is 0 Å². The van der Waals surface area contributed by atoms with Gasteiger partial charge in [-0.2, -0.15) is 13.2 Å². The molecule has 1 saturated carbocycles. The average Bonchev–Trinajstić information content (AvgIpc) is 3.77. The Kier molecular flexibility index (Phi) is 19.7. The number of benzene rings is 1. The maximum Gasteiger partial charge on any atom is 0.389 e. The molecule has 1 aromatic heterocycles. The van der Waals surface area contributed by atoms with Gasteiger partial charge in [-0.1, -0.05) is 58.8 Å². The van der Waals surface area contributed by atoms with Gasteiger partial charge in [0.2, 0.25) is 12.8 Å². The van der Waals surface area contributed by atoms with Gasteiger partial charge in [-0.05, 0) is 42.7 Å². The summed E-state index contributed by atoms with van der Waals surface area (Å²) < 4.78 is 42.9. The molecule has 5 N–H and O–H groups in total. The van der Waals surface area contributed by atoms with Crippen molar-refractivity contribution in [3.63, 3.8) is 0 Å². The Morgan fingerprint density at radius 1 is 1.20 bits per heavy atom. The van der Waals surface area contributed by atoms with E-state index in [1.54, 1.807) is 34.2 Å². The summed E-state index contributed by atoms with van der Waals surface area (Å²) in [6, 6.07) is 5.57. The molecule has 2 amide bonds. The fourth-order valence-corrected chi connectivity index (χ4v) is 4.70. The Labute approximate surface area is 274 Å². The molecule has 1 heterocycles. The number of ether oxygens (including phenoxy) is 1. The standard InChI is InChI=1S/C17H22N2O2.C13H21F3NO3.CH3NO.V/c1-21-13-9-10-14-16(11-13)19-17(20)15(18-14)6-4-2-3-5-12-7-8-12;1-12(2,3)11(20)10(7-18)9(4-5-17-8-19)6-13(14,15)16;2-1-3;/h9-12H,2-8H2,1H3,(H,19,20);8-11,20H,4-6H2,1-3H3,(H,17,19);1H,(H2,2,3);/q;-1;;/t;9?,10?,11-;;/m.1../s1. The van der Waals surface area contributed by atoms with Crippen molar-refractivity contribution in [2.75, 3.05) is 13.7 Å². The molecular weight excluding hydrogens is 632 g/mol. The molecule has 0 bridgehead atoms. The number of alkyl halides is 3. The summed E-state index contributed by atoms with van der Waals surface area (Å²) in [5.41, 5.74) is 5.57. The molecule has 0 aliphatic heterocycles. The number of carbonyl (C=O) groups is 2. The second kappa shape index (κ2) is 21.0. The number of fused-ring (bicyclic) bond motifs is 1. The number of aliphatic hydroxyl groups excluding tert-OH is 1. The van der Waals surface area contributed by atoms with Crippen LogP contribution < -0.4 is 21.3 Å². The van der Waals surface area contributed by atoms with Gasteiger partial charge in [0.15, 0.2) is 0 Å². The van der Waals surface area contributed by atoms with Gasteiger partial charge in [0.05, 0.1) is 18.1 Å². The average molecular weight is 679 g/mol. The molecule has 1 fully saturated rings. The van der Waals surface area contributed by atoms with Gasteiger partial charge in [-0.3, -0.25) is 20.7 Å². The van der Waals surface area contributed by atoms with Crippen LogP contribution in [-0.4, -0.2) is 60.1 Å². The molecule has 2 aromatic rings. The molecule has 0 spiro atoms. The maximum absolute atomic E-state index is 12.6. The number of amides is 2. The van der Waals surface area contributed by atoms with Crippen molar-refractivity contribution < 1.29 is 56.0 Å². The van der Waals surface area contributed by atoms with Gasteiger partial charge in [0.1, 0.15) is 11.4 Å². The number of hydrogen-bond acceptors (Lipinski definition) is 7. The van der Waals surface area contributed by atoms with Gasteiger partial charge in [0, 0.05) is 43.7 Å². The van der Waals surface area contributed by atoms with E-state index in [1.807, 2.05) is 18.2 Å². The number of aromatic amines is 1. The van der Waals surface area contributed by atoms with Crippen LogP contribution in [0, 0.1) is 23.2 Å². The Morgan fingerprint density at radius 2 is 1.84 bits per heavy atom. The van der Waals surface area contributed by atoms with Gasteiger partial charge >= 0.3 is 6.18 Å². The van der Waals surface area contributed by atoms with E-state index in [-0.39, 0.29) is 43.5 Å². The number of hydrogen-bond donors (Lipinski definition) is 4. The van der Waals surface area contributed by atoms with Gasteiger partial charge in [-0.15, -0.1) is 5.92 Å². The Morgan fingerprint density at radius 3 is 2.36 bits per heavy atom. The van der Waals surface area contributed by atoms with Crippen LogP contribution in [0.4, 0.5) is 13.2 Å². The summed E-state index contributed by atoms with van der Waals surface area (Å²) in [5.74, 6) is -0.630. The van der Waals surface area contributed by atoms with E-state index in [2.05, 4.69) is 21.0 Å². The zero-order valence-electron chi connectivity index (χ0n) is 26.4. The third-order valence-corrected chi connectivity index (χ3v) is 7.30. The first-order valence-electron chi connectivity index (χ1n) is 14.7. The van der Waals surface area contributed by atoms with E-state index in [1.165, 1.54) is 32.1 Å². The number of nitrogens with one attached hydrogen (secondary N) is 2. The van der Waals surface area contributed by atoms with Crippen molar-refractivity contribution in [3.05, 3.63) is 34.2 Å². The van der Waals surface area contributed by atoms with Crippen LogP contribution in [0.3, 0.4) is 0 Å². The number of methoxy groups -OCH3 is 1. The van der Waals surface area contributed by atoms with Crippen LogP contribution in [0.15, 0.2) is 23.0 Å². The SMILES string of the molecule is CC(C)(C)[C@H](O)C([C-]=O)C(CCNC=O)CC(F)(F)F.COc1ccc2nc(CCCCCC3CC3)c(=O)[nH]c2c1.NC=O.[V]. The van der Waals surface area contributed by atoms with Crippen LogP contribution in [0.2, 0.25) is 0 Å². The van der Waals surface area contributed by atoms with Crippen LogP contribution in [-0.2, 0) is 39.4 Å². The van der Waals surface area contributed by atoms with E-state index in [0.29, 0.717) is 12.1 Å². The smallest absolute Gasteiger partial charge is 0.389 e. The number of nitrogens with zero attached hydrogens (tertiary/aromatic N) is 1. The van der Waals surface area contributed by atoms with Crippen molar-refractivity contribution in [3.8, 4) is 5.75 Å². The van der Waals surface area contributed by atoms with Crippen molar-refractivity contribution in [2.45, 2.75) is 90.8 Å². The summed E-state index contributed by atoms with van der Waals surface area (Å²) in [5, 5.41) is 12.3. The predicted octanol–water partition coefficient (Wildman–Crippen LogP) is 4.37. The number of H-pyrrole nitrogens is 1. The third kappa shape index (κ3) is 16.8. The third-order valence-electron chi connectivity index (χ3n) is 7.30. The number of aliphatic hydroxyl groups is 1. The number of aromatic nitrogens is 2. The molecule has 0 saturated heterocycles. The molecule has 2 unspecified atom stereocenters. The number of primary amides is 1. The Hall–Kier alpha value is -2.90. The number of halogens is 3. The minimum atomic E-state index is -4.45. The normalized spacial score (nSPS) is 14.7. The molecule has 3 rings (SSSR count). The van der Waals surface area contributed by atoms with E-state index in [9.17, 15) is 32.7 Å². The summed E-state index contributed by atoms with van der Waals surface area (Å²) in [6.45, 7) is 4.92. The molecular formula is C31H46F3N4O6V-. The van der Waals surface area contributed by atoms with Crippen molar-refractivity contribution in [1.29, 1.82) is 0 Å². The fraction of sp³-hybridized carbons (Fsp3) is 0.645. The second-order valence-corrected chi connectivity index (χ2v) is 12.0. The molecule has 14 heteroatoms. The predicted molar refractivity (Wildman–Crippen MR) is 162 cm³/mol. The number of aryl methyl sites for hydroxylation is 1. The van der Waals surface area contributed by atoms with E-state index >= 15 is 0 Å². The van der Waals surface area contributed by atoms with Crippen molar-refractivity contribution in [2.24, 2.45) is 28.9 Å². The van der Waals surface area contributed by atoms with Crippen molar-refractivity contribution >= 4 is 30.1 Å². The first-order valence-corrected chi connectivity index (χ1v) is 14.7. The largest absolute Gasteiger partial charge is 0.541 e. The number of nitrogens with two attached hydrogens (primary N) is 1. The maximum atomic E-state index is 12.6. The van der Waals surface area contributed by atoms with E-state index < -0.39 is 36.0 Å². The zero-order chi connectivity index (χ0) is 33.3. The summed E-state index contributed by atoms with van der Waals surface area (Å²) in [7, 11) is 1.61. The topological polar surface area (TPSA) is 164 Å². The number of unbranched alkanes of at least 4 members (excludes halogenated alkanes) is 2. The minimum Gasteiger partial charge on any atom is -0.541 e. The summed E-state index contributed by atoms with van der Waals surface area (Å²) >= 11 is 0. The van der Waals surface area contributed by atoms with Gasteiger partial charge in [-0.25, -0.2) is 4.98 Å². The molecule has 10 nitrogen and oxygen atoms in total. The molecule has 253 valence electrons. The molecule has 1 aliphatic carbocycles. The molecule has 45 heavy (non-hydrogen) atoms. The van der Waals surface area contributed by atoms with E-state index in [0.717, 1.165) is 35.5 Å². The fourth-order valence-electron chi connectivity index (χ4n) is 4.70. The van der Waals surface area contributed by atoms with Crippen LogP contribution in [0.1, 0.15) is 77.8 Å². The molecule has 1 radical (unpaired) electrons. The van der Waals surface area contributed by atoms with E-state index in [4.69, 9.17) is 9.53 Å². The molecule has 3 atom stereocenters. The summed E-state index contributed by atoms with van der Waals surface area (Å²) in [6.07, 6.45) is 3.75. The first kappa shape index (κ1) is 42.1. The Balaban J connectivity index is 0.000000777.